The van der Waals surface area contributed by atoms with E-state index >= 15 is 0 Å². The number of fused-ring (bicyclic) bond motifs is 1. The van der Waals surface area contributed by atoms with Crippen LogP contribution in [0.4, 0.5) is 0 Å². The zero-order valence-electron chi connectivity index (χ0n) is 16.0. The molecule has 0 fully saturated rings. The maximum absolute atomic E-state index is 12.1. The van der Waals surface area contributed by atoms with Gasteiger partial charge in [-0.25, -0.2) is 4.79 Å². The van der Waals surface area contributed by atoms with E-state index < -0.39 is 17.7 Å². The average molecular weight is 404 g/mol. The highest BCUT2D eigenvalue weighted by molar-refractivity contribution is 7.19. The highest BCUT2D eigenvalue weighted by Crippen LogP contribution is 2.42. The lowest BCUT2D eigenvalue weighted by molar-refractivity contribution is -0.160. The summed E-state index contributed by atoms with van der Waals surface area (Å²) >= 11 is 7.67. The largest absolute Gasteiger partial charge is 0.479 e. The second kappa shape index (κ2) is 7.23. The molecule has 0 bridgehead atoms. The molecule has 0 spiro atoms. The van der Waals surface area contributed by atoms with Gasteiger partial charge in [0, 0.05) is 26.7 Å². The van der Waals surface area contributed by atoms with Gasteiger partial charge < -0.3 is 9.84 Å². The summed E-state index contributed by atoms with van der Waals surface area (Å²) < 4.78 is 6.90. The molecule has 3 rings (SSSR count). The number of aromatic nitrogens is 1. The molecule has 0 radical (unpaired) electrons. The van der Waals surface area contributed by atoms with Gasteiger partial charge in [0.15, 0.2) is 6.10 Å². The summed E-state index contributed by atoms with van der Waals surface area (Å²) in [5, 5.41) is 10.6. The maximum Gasteiger partial charge on any atom is 0.337 e. The van der Waals surface area contributed by atoms with Gasteiger partial charge in [0.1, 0.15) is 0 Å². The Balaban J connectivity index is 2.36. The van der Waals surface area contributed by atoms with Crippen LogP contribution in [-0.2, 0) is 9.53 Å². The molecular formula is C21H22ClNO3S. The quantitative estimate of drug-likeness (QED) is 0.565. The van der Waals surface area contributed by atoms with Crippen molar-refractivity contribution in [3.8, 4) is 11.1 Å². The lowest BCUT2D eigenvalue weighted by atomic mass is 9.94. The lowest BCUT2D eigenvalue weighted by Gasteiger charge is -2.27. The molecule has 3 aromatic rings. The summed E-state index contributed by atoms with van der Waals surface area (Å²) in [5.74, 6) is -1.03. The molecule has 6 heteroatoms. The number of rotatable bonds is 4. The molecule has 0 saturated heterocycles. The van der Waals surface area contributed by atoms with E-state index in [1.807, 2.05) is 65.0 Å². The smallest absolute Gasteiger partial charge is 0.337 e. The summed E-state index contributed by atoms with van der Waals surface area (Å²) in [4.78, 5) is 17.9. The van der Waals surface area contributed by atoms with Crippen molar-refractivity contribution in [1.29, 1.82) is 0 Å². The van der Waals surface area contributed by atoms with Crippen LogP contribution in [0.3, 0.4) is 0 Å². The third kappa shape index (κ3) is 4.15. The zero-order valence-corrected chi connectivity index (χ0v) is 17.5. The van der Waals surface area contributed by atoms with Gasteiger partial charge in [-0.1, -0.05) is 23.7 Å². The van der Waals surface area contributed by atoms with Crippen molar-refractivity contribution in [2.75, 3.05) is 0 Å². The van der Waals surface area contributed by atoms with Crippen molar-refractivity contribution in [3.63, 3.8) is 0 Å². The third-order valence-corrected chi connectivity index (χ3v) is 5.41. The fourth-order valence-corrected chi connectivity index (χ4v) is 4.27. The maximum atomic E-state index is 12.1. The lowest BCUT2D eigenvalue weighted by Crippen LogP contribution is -2.28. The molecule has 0 amide bonds. The molecule has 1 N–H and O–H groups in total. The number of hydrogen-bond donors (Lipinski definition) is 1. The Kier molecular flexibility index (Phi) is 5.30. The van der Waals surface area contributed by atoms with Crippen molar-refractivity contribution in [2.45, 2.75) is 46.3 Å². The Morgan fingerprint density at radius 2 is 1.85 bits per heavy atom. The fraction of sp³-hybridized carbons (Fsp3) is 0.333. The fourth-order valence-electron chi connectivity index (χ4n) is 3.12. The standard InChI is InChI=1S/C21H22ClNO3S/c1-11-10-15-19(27-11)17(13-6-8-14(22)9-7-13)16(12(2)23-15)18(20(24)25)26-21(3,4)5/h6-10,18H,1-5H3,(H,24,25)/t18-/m0/s1. The Bertz CT molecular complexity index is 1000. The molecule has 2 aromatic heterocycles. The van der Waals surface area contributed by atoms with Crippen LogP contribution in [0.5, 0.6) is 0 Å². The number of nitrogens with zero attached hydrogens (tertiary/aromatic N) is 1. The first-order valence-corrected chi connectivity index (χ1v) is 9.83. The van der Waals surface area contributed by atoms with E-state index in [1.165, 1.54) is 0 Å². The van der Waals surface area contributed by atoms with Crippen LogP contribution >= 0.6 is 22.9 Å². The molecule has 0 aliphatic rings. The molecule has 0 aliphatic carbocycles. The molecule has 142 valence electrons. The van der Waals surface area contributed by atoms with Gasteiger partial charge in [-0.3, -0.25) is 4.98 Å². The minimum atomic E-state index is -1.12. The van der Waals surface area contributed by atoms with Crippen LogP contribution in [0.25, 0.3) is 21.3 Å². The Morgan fingerprint density at radius 1 is 1.22 bits per heavy atom. The molecule has 2 heterocycles. The molecule has 4 nitrogen and oxygen atoms in total. The van der Waals surface area contributed by atoms with Gasteiger partial charge in [0.05, 0.1) is 15.8 Å². The minimum absolute atomic E-state index is 0.592. The predicted octanol–water partition coefficient (Wildman–Crippen LogP) is 6.17. The summed E-state index contributed by atoms with van der Waals surface area (Å²) in [7, 11) is 0. The predicted molar refractivity (Wildman–Crippen MR) is 111 cm³/mol. The number of carboxylic acids is 1. The van der Waals surface area contributed by atoms with Crippen molar-refractivity contribution < 1.29 is 14.6 Å². The minimum Gasteiger partial charge on any atom is -0.479 e. The van der Waals surface area contributed by atoms with Crippen LogP contribution in [0, 0.1) is 13.8 Å². The topological polar surface area (TPSA) is 59.4 Å². The van der Waals surface area contributed by atoms with E-state index in [0.717, 1.165) is 26.2 Å². The first-order chi connectivity index (χ1) is 12.6. The van der Waals surface area contributed by atoms with Gasteiger partial charge >= 0.3 is 5.97 Å². The highest BCUT2D eigenvalue weighted by Gasteiger charge is 2.32. The number of benzene rings is 1. The monoisotopic (exact) mass is 403 g/mol. The van der Waals surface area contributed by atoms with Gasteiger partial charge in [-0.2, -0.15) is 0 Å². The molecule has 27 heavy (non-hydrogen) atoms. The first-order valence-electron chi connectivity index (χ1n) is 8.64. The molecule has 1 aromatic carbocycles. The van der Waals surface area contributed by atoms with Crippen LogP contribution < -0.4 is 0 Å². The highest BCUT2D eigenvalue weighted by atomic mass is 35.5. The second-order valence-electron chi connectivity index (χ2n) is 7.51. The number of hydrogen-bond acceptors (Lipinski definition) is 4. The van der Waals surface area contributed by atoms with Crippen molar-refractivity contribution in [2.24, 2.45) is 0 Å². The molecule has 1 atom stereocenters. The Labute approximate surface area is 167 Å². The van der Waals surface area contributed by atoms with E-state index in [0.29, 0.717) is 16.3 Å². The van der Waals surface area contributed by atoms with E-state index in [4.69, 9.17) is 16.3 Å². The van der Waals surface area contributed by atoms with Gasteiger partial charge in [0.25, 0.3) is 0 Å². The van der Waals surface area contributed by atoms with E-state index in [-0.39, 0.29) is 0 Å². The molecule has 0 aliphatic heterocycles. The van der Waals surface area contributed by atoms with Gasteiger partial charge in [-0.15, -0.1) is 11.3 Å². The number of aryl methyl sites for hydroxylation is 2. The molecule has 0 saturated carbocycles. The third-order valence-electron chi connectivity index (χ3n) is 4.10. The zero-order chi connectivity index (χ0) is 19.9. The Hall–Kier alpha value is -1.95. The van der Waals surface area contributed by atoms with Crippen molar-refractivity contribution in [3.05, 3.63) is 51.5 Å². The van der Waals surface area contributed by atoms with Gasteiger partial charge in [0.2, 0.25) is 0 Å². The van der Waals surface area contributed by atoms with E-state index in [2.05, 4.69) is 4.98 Å². The normalized spacial score (nSPS) is 13.1. The van der Waals surface area contributed by atoms with Crippen LogP contribution in [0.2, 0.25) is 5.02 Å². The number of thiophene rings is 1. The van der Waals surface area contributed by atoms with Crippen molar-refractivity contribution >= 4 is 39.1 Å². The number of halogens is 1. The van der Waals surface area contributed by atoms with Gasteiger partial charge in [-0.05, 0) is 58.4 Å². The number of carboxylic acid groups (broad SMARTS) is 1. The van der Waals surface area contributed by atoms with Crippen LogP contribution in [0.15, 0.2) is 30.3 Å². The number of pyridine rings is 1. The number of carbonyl (C=O) groups is 1. The molecule has 0 unspecified atom stereocenters. The summed E-state index contributed by atoms with van der Waals surface area (Å²) in [6, 6.07) is 9.46. The van der Waals surface area contributed by atoms with Crippen LogP contribution in [-0.4, -0.2) is 21.7 Å². The van der Waals surface area contributed by atoms with Crippen LogP contribution in [0.1, 0.15) is 43.0 Å². The van der Waals surface area contributed by atoms with E-state index in [9.17, 15) is 9.90 Å². The number of ether oxygens (including phenoxy) is 1. The SMILES string of the molecule is Cc1cc2nc(C)c([C@H](OC(C)(C)C)C(=O)O)c(-c3ccc(Cl)cc3)c2s1. The average Bonchev–Trinajstić information content (AvgIpc) is 2.91. The van der Waals surface area contributed by atoms with Crippen molar-refractivity contribution in [1.82, 2.24) is 4.98 Å². The first kappa shape index (κ1) is 19.8. The Morgan fingerprint density at radius 3 is 2.41 bits per heavy atom. The van der Waals surface area contributed by atoms with E-state index in [1.54, 1.807) is 11.3 Å². The second-order valence-corrected chi connectivity index (χ2v) is 9.21. The molecular weight excluding hydrogens is 382 g/mol. The summed E-state index contributed by atoms with van der Waals surface area (Å²) in [6.07, 6.45) is -1.12. The summed E-state index contributed by atoms with van der Waals surface area (Å²) in [5.41, 5.74) is 3.24. The summed E-state index contributed by atoms with van der Waals surface area (Å²) in [6.45, 7) is 9.40. The number of aliphatic carboxylic acids is 1.